The van der Waals surface area contributed by atoms with Gasteiger partial charge in [-0.05, 0) is 36.4 Å². The zero-order chi connectivity index (χ0) is 19.3. The number of halogens is 3. The Kier molecular flexibility index (Phi) is 5.65. The summed E-state index contributed by atoms with van der Waals surface area (Å²) in [6.07, 6.45) is -2.75. The normalized spacial score (nSPS) is 11.2. The summed E-state index contributed by atoms with van der Waals surface area (Å²) in [5, 5.41) is 14.9. The average molecular weight is 393 g/mol. The van der Waals surface area contributed by atoms with Crippen LogP contribution >= 0.6 is 11.3 Å². The minimum Gasteiger partial charge on any atom is -0.358 e. The molecule has 140 valence electrons. The van der Waals surface area contributed by atoms with E-state index in [0.29, 0.717) is 16.7 Å². The summed E-state index contributed by atoms with van der Waals surface area (Å²) in [6, 6.07) is 9.55. The van der Waals surface area contributed by atoms with Crippen LogP contribution in [0, 0.1) is 0 Å². The van der Waals surface area contributed by atoms with Gasteiger partial charge in [-0.3, -0.25) is 9.78 Å². The average Bonchev–Trinajstić information content (AvgIpc) is 3.14. The third kappa shape index (κ3) is 5.00. The molecule has 3 aromatic rings. The van der Waals surface area contributed by atoms with Gasteiger partial charge in [0.2, 0.25) is 5.13 Å². The largest absolute Gasteiger partial charge is 0.416 e. The van der Waals surface area contributed by atoms with Crippen molar-refractivity contribution in [3.63, 3.8) is 0 Å². The molecule has 6 nitrogen and oxygen atoms in total. The van der Waals surface area contributed by atoms with Gasteiger partial charge in [-0.1, -0.05) is 17.4 Å². The van der Waals surface area contributed by atoms with E-state index in [1.165, 1.54) is 11.3 Å². The molecule has 0 bridgehead atoms. The van der Waals surface area contributed by atoms with Gasteiger partial charge in [0.05, 0.1) is 5.56 Å². The molecule has 27 heavy (non-hydrogen) atoms. The summed E-state index contributed by atoms with van der Waals surface area (Å²) in [7, 11) is 0. The first-order valence-corrected chi connectivity index (χ1v) is 8.69. The Morgan fingerprint density at radius 2 is 1.81 bits per heavy atom. The molecule has 0 spiro atoms. The number of amides is 1. The summed E-state index contributed by atoms with van der Waals surface area (Å²) < 4.78 is 37.6. The van der Waals surface area contributed by atoms with Crippen LogP contribution in [0.25, 0.3) is 10.7 Å². The highest BCUT2D eigenvalue weighted by Gasteiger charge is 2.30. The lowest BCUT2D eigenvalue weighted by molar-refractivity contribution is -0.137. The third-order valence-electron chi connectivity index (χ3n) is 3.47. The molecule has 0 radical (unpaired) electrons. The summed E-state index contributed by atoms with van der Waals surface area (Å²) >= 11 is 1.33. The van der Waals surface area contributed by atoms with Crippen LogP contribution in [0.3, 0.4) is 0 Å². The van der Waals surface area contributed by atoms with Gasteiger partial charge in [0.25, 0.3) is 5.91 Å². The topological polar surface area (TPSA) is 79.8 Å². The molecule has 1 amide bonds. The van der Waals surface area contributed by atoms with Gasteiger partial charge in [0.1, 0.15) is 5.69 Å². The number of alkyl halides is 3. The van der Waals surface area contributed by atoms with Crippen LogP contribution in [0.2, 0.25) is 0 Å². The molecule has 0 fully saturated rings. The van der Waals surface area contributed by atoms with Gasteiger partial charge in [-0.25, -0.2) is 0 Å². The van der Waals surface area contributed by atoms with E-state index in [9.17, 15) is 18.0 Å². The third-order valence-corrected chi connectivity index (χ3v) is 4.37. The van der Waals surface area contributed by atoms with E-state index in [0.717, 1.165) is 30.0 Å². The smallest absolute Gasteiger partial charge is 0.358 e. The number of benzene rings is 1. The summed E-state index contributed by atoms with van der Waals surface area (Å²) in [4.78, 5) is 16.1. The first-order valence-electron chi connectivity index (χ1n) is 7.88. The molecule has 2 N–H and O–H groups in total. The Bertz CT molecular complexity index is 897. The molecule has 2 aromatic heterocycles. The van der Waals surface area contributed by atoms with Crippen molar-refractivity contribution in [2.75, 3.05) is 18.4 Å². The Hall–Kier alpha value is -3.01. The maximum absolute atomic E-state index is 12.5. The van der Waals surface area contributed by atoms with Crippen LogP contribution in [0.15, 0.2) is 48.7 Å². The van der Waals surface area contributed by atoms with Crippen molar-refractivity contribution in [1.82, 2.24) is 20.5 Å². The number of carbonyl (C=O) groups is 1. The molecule has 1 aromatic carbocycles. The Balaban J connectivity index is 1.46. The second-order valence-corrected chi connectivity index (χ2v) is 6.36. The van der Waals surface area contributed by atoms with E-state index in [-0.39, 0.29) is 12.1 Å². The second-order valence-electron chi connectivity index (χ2n) is 5.39. The second kappa shape index (κ2) is 8.12. The molecule has 0 atom stereocenters. The van der Waals surface area contributed by atoms with E-state index < -0.39 is 17.6 Å². The van der Waals surface area contributed by atoms with Crippen molar-refractivity contribution in [1.29, 1.82) is 0 Å². The van der Waals surface area contributed by atoms with Crippen LogP contribution in [-0.2, 0) is 6.18 Å². The zero-order valence-corrected chi connectivity index (χ0v) is 14.6. The van der Waals surface area contributed by atoms with Gasteiger partial charge in [0, 0.05) is 24.8 Å². The van der Waals surface area contributed by atoms with Gasteiger partial charge in [-0.2, -0.15) is 13.2 Å². The predicted molar refractivity (Wildman–Crippen MR) is 95.4 cm³/mol. The van der Waals surface area contributed by atoms with Crippen LogP contribution < -0.4 is 10.6 Å². The Labute approximate surface area is 156 Å². The first kappa shape index (κ1) is 18.8. The molecule has 0 unspecified atom stereocenters. The Morgan fingerprint density at radius 1 is 1.04 bits per heavy atom. The Morgan fingerprint density at radius 3 is 2.48 bits per heavy atom. The quantitative estimate of drug-likeness (QED) is 0.627. The molecule has 0 aliphatic rings. The van der Waals surface area contributed by atoms with Crippen LogP contribution in [0.1, 0.15) is 15.9 Å². The lowest BCUT2D eigenvalue weighted by atomic mass is 10.1. The van der Waals surface area contributed by atoms with Gasteiger partial charge in [0.15, 0.2) is 5.01 Å². The van der Waals surface area contributed by atoms with Crippen molar-refractivity contribution in [2.24, 2.45) is 0 Å². The molecule has 3 rings (SSSR count). The number of nitrogens with one attached hydrogen (secondary N) is 2. The van der Waals surface area contributed by atoms with Gasteiger partial charge < -0.3 is 10.6 Å². The first-order chi connectivity index (χ1) is 12.9. The lowest BCUT2D eigenvalue weighted by Gasteiger charge is -2.08. The number of rotatable bonds is 6. The van der Waals surface area contributed by atoms with Crippen molar-refractivity contribution < 1.29 is 18.0 Å². The fraction of sp³-hybridized carbons (Fsp3) is 0.176. The number of hydrogen-bond acceptors (Lipinski definition) is 6. The summed E-state index contributed by atoms with van der Waals surface area (Å²) in [5.74, 6) is -0.447. The highest BCUT2D eigenvalue weighted by molar-refractivity contribution is 7.18. The van der Waals surface area contributed by atoms with E-state index in [4.69, 9.17) is 0 Å². The van der Waals surface area contributed by atoms with Crippen molar-refractivity contribution in [2.45, 2.75) is 6.18 Å². The molecule has 0 saturated heterocycles. The number of carbonyl (C=O) groups excluding carboxylic acids is 1. The molecule has 0 aliphatic carbocycles. The van der Waals surface area contributed by atoms with Crippen molar-refractivity contribution in [3.8, 4) is 10.7 Å². The molecule has 10 heteroatoms. The van der Waals surface area contributed by atoms with Gasteiger partial charge in [-0.15, -0.1) is 10.2 Å². The summed E-state index contributed by atoms with van der Waals surface area (Å²) in [5.41, 5.74) is 0.0932. The van der Waals surface area contributed by atoms with E-state index in [2.05, 4.69) is 25.8 Å². The maximum Gasteiger partial charge on any atom is 0.416 e. The predicted octanol–water partition coefficient (Wildman–Crippen LogP) is 3.46. The minimum atomic E-state index is -4.42. The molecular formula is C17H14F3N5OS. The number of hydrogen-bond donors (Lipinski definition) is 2. The highest BCUT2D eigenvalue weighted by atomic mass is 32.1. The lowest BCUT2D eigenvalue weighted by Crippen LogP contribution is -2.28. The van der Waals surface area contributed by atoms with Gasteiger partial charge >= 0.3 is 6.18 Å². The molecule has 2 heterocycles. The van der Waals surface area contributed by atoms with E-state index >= 15 is 0 Å². The molecule has 0 saturated carbocycles. The minimum absolute atomic E-state index is 0.163. The van der Waals surface area contributed by atoms with Crippen molar-refractivity contribution >= 4 is 22.4 Å². The summed E-state index contributed by atoms with van der Waals surface area (Å²) in [6.45, 7) is 0.668. The van der Waals surface area contributed by atoms with Crippen LogP contribution in [-0.4, -0.2) is 34.2 Å². The monoisotopic (exact) mass is 393 g/mol. The number of aromatic nitrogens is 3. The fourth-order valence-corrected chi connectivity index (χ4v) is 2.89. The number of pyridine rings is 1. The molecule has 0 aliphatic heterocycles. The SMILES string of the molecule is O=C(NCCNc1nnc(-c2ccccn2)s1)c1ccc(C(F)(F)F)cc1. The fourth-order valence-electron chi connectivity index (χ4n) is 2.15. The van der Waals surface area contributed by atoms with Crippen LogP contribution in [0.5, 0.6) is 0 Å². The number of nitrogens with zero attached hydrogens (tertiary/aromatic N) is 3. The number of anilines is 1. The zero-order valence-electron chi connectivity index (χ0n) is 13.8. The van der Waals surface area contributed by atoms with E-state index in [1.54, 1.807) is 6.20 Å². The van der Waals surface area contributed by atoms with Crippen LogP contribution in [0.4, 0.5) is 18.3 Å². The maximum atomic E-state index is 12.5. The standard InChI is InChI=1S/C17H14F3N5OS/c18-17(19,20)12-6-4-11(5-7-12)14(26)22-9-10-23-16-25-24-15(27-16)13-3-1-2-8-21-13/h1-8H,9-10H2,(H,22,26)(H,23,25). The van der Waals surface area contributed by atoms with Crippen molar-refractivity contribution in [3.05, 3.63) is 59.8 Å². The van der Waals surface area contributed by atoms with E-state index in [1.807, 2.05) is 18.2 Å². The highest BCUT2D eigenvalue weighted by Crippen LogP contribution is 2.29. The molecular weight excluding hydrogens is 379 g/mol.